The first-order valence-electron chi connectivity index (χ1n) is 13.7. The number of amides is 1. The minimum absolute atomic E-state index is 0.178. The van der Waals surface area contributed by atoms with E-state index in [1.165, 1.54) is 7.11 Å². The topological polar surface area (TPSA) is 107 Å². The molecule has 0 unspecified atom stereocenters. The molecule has 0 bridgehead atoms. The van der Waals surface area contributed by atoms with Crippen LogP contribution in [0.5, 0.6) is 5.75 Å². The van der Waals surface area contributed by atoms with Gasteiger partial charge in [0.15, 0.2) is 0 Å². The van der Waals surface area contributed by atoms with Crippen LogP contribution in [0.1, 0.15) is 60.9 Å². The summed E-state index contributed by atoms with van der Waals surface area (Å²) in [6.07, 6.45) is 0.709. The fraction of sp³-hybridized carbons (Fsp3) is 0.375. The van der Waals surface area contributed by atoms with E-state index < -0.39 is 11.6 Å². The molecule has 1 aliphatic heterocycles. The van der Waals surface area contributed by atoms with Gasteiger partial charge in [-0.15, -0.1) is 0 Å². The number of nitriles is 1. The van der Waals surface area contributed by atoms with E-state index in [0.717, 1.165) is 27.7 Å². The second kappa shape index (κ2) is 11.1. The monoisotopic (exact) mass is 554 g/mol. The van der Waals surface area contributed by atoms with Gasteiger partial charge in [0.2, 0.25) is 0 Å². The van der Waals surface area contributed by atoms with Crippen LogP contribution in [0.4, 0.5) is 4.79 Å². The van der Waals surface area contributed by atoms with Crippen LogP contribution in [0.3, 0.4) is 0 Å². The Morgan fingerprint density at radius 2 is 1.78 bits per heavy atom. The Balaban J connectivity index is 1.43. The van der Waals surface area contributed by atoms with Crippen molar-refractivity contribution >= 4 is 33.9 Å². The number of carbonyl (C=O) groups excluding carboxylic acids is 2. The molecular weight excluding hydrogens is 520 g/mol. The number of likely N-dealkylation sites (tertiary alicyclic amines) is 1. The molecule has 0 spiro atoms. The Morgan fingerprint density at radius 1 is 1.07 bits per heavy atom. The van der Waals surface area contributed by atoms with E-state index in [1.807, 2.05) is 64.1 Å². The first-order valence-corrected chi connectivity index (χ1v) is 13.7. The zero-order valence-corrected chi connectivity index (χ0v) is 24.1. The highest BCUT2D eigenvalue weighted by Crippen LogP contribution is 2.31. The number of fused-ring (bicyclic) bond motifs is 2. The molecule has 41 heavy (non-hydrogen) atoms. The Morgan fingerprint density at radius 3 is 2.44 bits per heavy atom. The van der Waals surface area contributed by atoms with E-state index in [0.29, 0.717) is 54.9 Å². The van der Waals surface area contributed by atoms with Crippen molar-refractivity contribution in [1.82, 2.24) is 14.5 Å². The molecule has 1 amide bonds. The molecule has 1 saturated heterocycles. The third-order valence-electron chi connectivity index (χ3n) is 7.30. The van der Waals surface area contributed by atoms with Crippen LogP contribution in [0.25, 0.3) is 21.8 Å². The van der Waals surface area contributed by atoms with Gasteiger partial charge in [0.25, 0.3) is 0 Å². The molecule has 9 nitrogen and oxygen atoms in total. The minimum Gasteiger partial charge on any atom is -0.489 e. The number of methoxy groups -OCH3 is 1. The Labute approximate surface area is 239 Å². The van der Waals surface area contributed by atoms with Gasteiger partial charge in [-0.05, 0) is 56.2 Å². The molecule has 5 rings (SSSR count). The van der Waals surface area contributed by atoms with E-state index in [2.05, 4.69) is 10.6 Å². The quantitative estimate of drug-likeness (QED) is 0.279. The summed E-state index contributed by atoms with van der Waals surface area (Å²) >= 11 is 0. The summed E-state index contributed by atoms with van der Waals surface area (Å²) < 4.78 is 19.0. The highest BCUT2D eigenvalue weighted by molar-refractivity contribution is 5.97. The highest BCUT2D eigenvalue weighted by Gasteiger charge is 2.29. The van der Waals surface area contributed by atoms with Crippen molar-refractivity contribution in [3.05, 3.63) is 71.0 Å². The number of hydrogen-bond donors (Lipinski definition) is 0. The van der Waals surface area contributed by atoms with E-state index in [9.17, 15) is 14.9 Å². The number of carbonyl (C=O) groups is 2. The van der Waals surface area contributed by atoms with E-state index >= 15 is 0 Å². The van der Waals surface area contributed by atoms with Crippen molar-refractivity contribution in [2.24, 2.45) is 0 Å². The third kappa shape index (κ3) is 5.82. The van der Waals surface area contributed by atoms with Gasteiger partial charge in [0.05, 0.1) is 29.8 Å². The molecule has 0 atom stereocenters. The number of benzene rings is 3. The number of esters is 1. The molecular formula is C32H34N4O5. The SMILES string of the molecule is COC(=O)c1cc2c(cc1OC1CCN(C(=O)OC(C)(C)C)CC1)nc(C)n2Cc1ccc(C#N)c2ccccc12. The summed E-state index contributed by atoms with van der Waals surface area (Å²) in [5.74, 6) is 0.697. The molecule has 4 aromatic rings. The Kier molecular flexibility index (Phi) is 7.59. The van der Waals surface area contributed by atoms with Crippen LogP contribution in [-0.2, 0) is 16.0 Å². The molecule has 1 aliphatic rings. The first-order chi connectivity index (χ1) is 19.6. The summed E-state index contributed by atoms with van der Waals surface area (Å²) in [4.78, 5) is 31.8. The molecule has 0 N–H and O–H groups in total. The fourth-order valence-electron chi connectivity index (χ4n) is 5.27. The second-order valence-corrected chi connectivity index (χ2v) is 11.3. The molecule has 0 aliphatic carbocycles. The van der Waals surface area contributed by atoms with Crippen molar-refractivity contribution in [3.63, 3.8) is 0 Å². The number of imidazole rings is 1. The van der Waals surface area contributed by atoms with Gasteiger partial charge in [-0.25, -0.2) is 14.6 Å². The van der Waals surface area contributed by atoms with E-state index in [4.69, 9.17) is 19.2 Å². The van der Waals surface area contributed by atoms with Crippen molar-refractivity contribution in [2.45, 2.75) is 58.8 Å². The molecule has 2 heterocycles. The van der Waals surface area contributed by atoms with Crippen molar-refractivity contribution in [1.29, 1.82) is 5.26 Å². The van der Waals surface area contributed by atoms with E-state index in [-0.39, 0.29) is 12.2 Å². The number of rotatable bonds is 5. The average Bonchev–Trinajstić information content (AvgIpc) is 3.25. The maximum absolute atomic E-state index is 12.9. The number of hydrogen-bond acceptors (Lipinski definition) is 7. The maximum atomic E-state index is 12.9. The minimum atomic E-state index is -0.552. The summed E-state index contributed by atoms with van der Waals surface area (Å²) in [6, 6.07) is 17.5. The lowest BCUT2D eigenvalue weighted by molar-refractivity contribution is 0.0126. The molecule has 0 radical (unpaired) electrons. The molecule has 9 heteroatoms. The highest BCUT2D eigenvalue weighted by atomic mass is 16.6. The van der Waals surface area contributed by atoms with Crippen molar-refractivity contribution in [2.75, 3.05) is 20.2 Å². The number of ether oxygens (including phenoxy) is 3. The normalized spacial score (nSPS) is 14.2. The summed E-state index contributed by atoms with van der Waals surface area (Å²) in [7, 11) is 1.35. The smallest absolute Gasteiger partial charge is 0.410 e. The van der Waals surface area contributed by atoms with Crippen LogP contribution in [0, 0.1) is 18.3 Å². The predicted octanol–water partition coefficient (Wildman–Crippen LogP) is 5.98. The van der Waals surface area contributed by atoms with Gasteiger partial charge in [-0.2, -0.15) is 5.26 Å². The molecule has 212 valence electrons. The lowest BCUT2D eigenvalue weighted by atomic mass is 10.00. The number of aryl methyl sites for hydroxylation is 1. The van der Waals surface area contributed by atoms with Crippen LogP contribution >= 0.6 is 0 Å². The van der Waals surface area contributed by atoms with E-state index in [1.54, 1.807) is 17.0 Å². The van der Waals surface area contributed by atoms with Gasteiger partial charge in [0.1, 0.15) is 28.8 Å². The lowest BCUT2D eigenvalue weighted by Gasteiger charge is -2.33. The lowest BCUT2D eigenvalue weighted by Crippen LogP contribution is -2.44. The zero-order valence-electron chi connectivity index (χ0n) is 24.1. The summed E-state index contributed by atoms with van der Waals surface area (Å²) in [5.41, 5.74) is 2.92. The van der Waals surface area contributed by atoms with Gasteiger partial charge in [-0.1, -0.05) is 30.3 Å². The van der Waals surface area contributed by atoms with Gasteiger partial charge in [0, 0.05) is 38.5 Å². The average molecular weight is 555 g/mol. The summed E-state index contributed by atoms with van der Waals surface area (Å²) in [5, 5.41) is 11.5. The molecule has 1 fully saturated rings. The largest absolute Gasteiger partial charge is 0.489 e. The van der Waals surface area contributed by atoms with Gasteiger partial charge in [-0.3, -0.25) is 0 Å². The molecule has 3 aromatic carbocycles. The van der Waals surface area contributed by atoms with Crippen LogP contribution < -0.4 is 4.74 Å². The predicted molar refractivity (Wildman–Crippen MR) is 155 cm³/mol. The number of piperidine rings is 1. The zero-order chi connectivity index (χ0) is 29.3. The van der Waals surface area contributed by atoms with Crippen molar-refractivity contribution < 1.29 is 23.8 Å². The van der Waals surface area contributed by atoms with Crippen LogP contribution in [0.15, 0.2) is 48.5 Å². The molecule has 1 aromatic heterocycles. The summed E-state index contributed by atoms with van der Waals surface area (Å²) in [6.45, 7) is 8.99. The van der Waals surface area contributed by atoms with Crippen LogP contribution in [0.2, 0.25) is 0 Å². The third-order valence-corrected chi connectivity index (χ3v) is 7.30. The van der Waals surface area contributed by atoms with Gasteiger partial charge < -0.3 is 23.7 Å². The van der Waals surface area contributed by atoms with Crippen molar-refractivity contribution in [3.8, 4) is 11.8 Å². The molecule has 0 saturated carbocycles. The fourth-order valence-corrected chi connectivity index (χ4v) is 5.27. The standard InChI is InChI=1S/C32H34N4O5/c1-20-34-27-17-29(40-23-12-14-35(15-13-23)31(38)41-32(2,3)4)26(30(37)39-5)16-28(27)36(20)19-22-11-10-21(18-33)24-8-6-7-9-25(22)24/h6-11,16-17,23H,12-15,19H2,1-5H3. The number of aromatic nitrogens is 2. The maximum Gasteiger partial charge on any atom is 0.410 e. The Bertz CT molecular complexity index is 1670. The number of nitrogens with zero attached hydrogens (tertiary/aromatic N) is 4. The Hall–Kier alpha value is -4.58. The van der Waals surface area contributed by atoms with Gasteiger partial charge >= 0.3 is 12.1 Å². The first kappa shape index (κ1) is 28.0. The van der Waals surface area contributed by atoms with Crippen LogP contribution in [-0.4, -0.2) is 58.4 Å². The second-order valence-electron chi connectivity index (χ2n) is 11.3.